The molecule has 7 rings (SSSR count). The van der Waals surface area contributed by atoms with Gasteiger partial charge in [0.15, 0.2) is 0 Å². The molecule has 1 spiro atoms. The minimum atomic E-state index is -0.987. The predicted molar refractivity (Wildman–Crippen MR) is 172 cm³/mol. The number of ether oxygens (including phenoxy) is 5. The molecule has 240 valence electrons. The molecule has 0 aromatic heterocycles. The first-order valence-corrected chi connectivity index (χ1v) is 16.6. The molecule has 2 heterocycles. The lowest BCUT2D eigenvalue weighted by atomic mass is 9.52. The summed E-state index contributed by atoms with van der Waals surface area (Å²) >= 11 is 0. The largest absolute Gasteiger partial charge is 0.489 e. The summed E-state index contributed by atoms with van der Waals surface area (Å²) < 4.78 is 30.4. The van der Waals surface area contributed by atoms with Gasteiger partial charge in [0.2, 0.25) is 5.79 Å². The third-order valence-electron chi connectivity index (χ3n) is 10.7. The van der Waals surface area contributed by atoms with Crippen LogP contribution in [0.5, 0.6) is 5.75 Å². The fourth-order valence-electron chi connectivity index (χ4n) is 8.23. The predicted octanol–water partition coefficient (Wildman–Crippen LogP) is 7.54. The molecule has 7 heteroatoms. The van der Waals surface area contributed by atoms with Crippen molar-refractivity contribution in [2.45, 2.75) is 76.8 Å². The minimum absolute atomic E-state index is 0.0212. The van der Waals surface area contributed by atoms with Gasteiger partial charge < -0.3 is 23.7 Å². The number of rotatable bonds is 7. The number of hydrogen-bond acceptors (Lipinski definition) is 7. The van der Waals surface area contributed by atoms with Crippen molar-refractivity contribution >= 4 is 11.9 Å². The molecule has 2 fully saturated rings. The highest BCUT2D eigenvalue weighted by atomic mass is 16.7. The van der Waals surface area contributed by atoms with Crippen molar-refractivity contribution in [3.8, 4) is 5.75 Å². The molecular formula is C39H42O7. The van der Waals surface area contributed by atoms with Crippen LogP contribution in [0, 0.1) is 17.3 Å². The first kappa shape index (κ1) is 30.5. The van der Waals surface area contributed by atoms with Crippen molar-refractivity contribution < 1.29 is 33.3 Å². The summed E-state index contributed by atoms with van der Waals surface area (Å²) in [5, 5.41) is 0. The maximum absolute atomic E-state index is 13.1. The number of hydrogen-bond donors (Lipinski definition) is 0. The van der Waals surface area contributed by atoms with E-state index < -0.39 is 23.8 Å². The van der Waals surface area contributed by atoms with Crippen molar-refractivity contribution in [1.82, 2.24) is 0 Å². The molecule has 0 N–H and O–H groups in total. The van der Waals surface area contributed by atoms with Gasteiger partial charge in [0, 0.05) is 6.42 Å². The van der Waals surface area contributed by atoms with Crippen LogP contribution in [0.1, 0.15) is 78.9 Å². The van der Waals surface area contributed by atoms with E-state index in [0.29, 0.717) is 43.0 Å². The lowest BCUT2D eigenvalue weighted by Gasteiger charge is -2.58. The van der Waals surface area contributed by atoms with Gasteiger partial charge in [-0.25, -0.2) is 9.59 Å². The Morgan fingerprint density at radius 1 is 0.935 bits per heavy atom. The molecule has 1 saturated heterocycles. The highest BCUT2D eigenvalue weighted by Crippen LogP contribution is 2.60. The first-order valence-electron chi connectivity index (χ1n) is 16.6. The van der Waals surface area contributed by atoms with E-state index in [1.54, 1.807) is 31.2 Å². The van der Waals surface area contributed by atoms with Crippen molar-refractivity contribution in [1.29, 1.82) is 0 Å². The minimum Gasteiger partial charge on any atom is -0.489 e. The van der Waals surface area contributed by atoms with Crippen molar-refractivity contribution in [3.63, 3.8) is 0 Å². The fraction of sp³-hybridized carbons (Fsp3) is 0.436. The molecular weight excluding hydrogens is 580 g/mol. The molecule has 3 aromatic rings. The Balaban J connectivity index is 1.10. The number of fused-ring (bicyclic) bond motifs is 5. The van der Waals surface area contributed by atoms with Crippen LogP contribution in [-0.2, 0) is 36.8 Å². The molecule has 0 bridgehead atoms. The van der Waals surface area contributed by atoms with Crippen molar-refractivity contribution in [2.75, 3.05) is 13.2 Å². The van der Waals surface area contributed by atoms with E-state index >= 15 is 0 Å². The Morgan fingerprint density at radius 2 is 1.72 bits per heavy atom. The lowest BCUT2D eigenvalue weighted by Crippen LogP contribution is -2.57. The molecule has 3 aromatic carbocycles. The molecule has 4 aliphatic rings. The number of benzene rings is 3. The van der Waals surface area contributed by atoms with Gasteiger partial charge in [-0.1, -0.05) is 61.5 Å². The van der Waals surface area contributed by atoms with Crippen LogP contribution in [-0.4, -0.2) is 37.0 Å². The second-order valence-electron chi connectivity index (χ2n) is 13.5. The molecule has 7 nitrogen and oxygen atoms in total. The molecule has 46 heavy (non-hydrogen) atoms. The smallest absolute Gasteiger partial charge is 0.340 e. The number of esters is 2. The number of carbonyl (C=O) groups excluding carboxylic acids is 2. The fourth-order valence-corrected chi connectivity index (χ4v) is 8.23. The van der Waals surface area contributed by atoms with Crippen LogP contribution >= 0.6 is 0 Å². The second-order valence-corrected chi connectivity index (χ2v) is 13.5. The molecule has 6 atom stereocenters. The SMILES string of the molecule is CCOC(=O)C1=CO[C@]2(C[C@H]1OC(=O)c1ccccc1)C[C@H]1[C@@H]3CCc4cc(OCc5ccccc5)ccc4[C@H]3CC[C@]1(C)CO2. The van der Waals surface area contributed by atoms with Crippen LogP contribution in [0.3, 0.4) is 0 Å². The zero-order chi connectivity index (χ0) is 31.7. The lowest BCUT2D eigenvalue weighted by molar-refractivity contribution is -0.296. The normalized spacial score (nSPS) is 29.7. The van der Waals surface area contributed by atoms with Gasteiger partial charge in [0.1, 0.15) is 30.3 Å². The Morgan fingerprint density at radius 3 is 2.50 bits per heavy atom. The molecule has 2 aliphatic heterocycles. The molecule has 0 amide bonds. The Hall–Kier alpha value is -4.10. The summed E-state index contributed by atoms with van der Waals surface area (Å²) in [7, 11) is 0. The van der Waals surface area contributed by atoms with E-state index in [0.717, 1.165) is 37.0 Å². The number of aryl methyl sites for hydroxylation is 1. The summed E-state index contributed by atoms with van der Waals surface area (Å²) in [6, 6.07) is 25.7. The average molecular weight is 623 g/mol. The van der Waals surface area contributed by atoms with Crippen LogP contribution < -0.4 is 4.74 Å². The summed E-state index contributed by atoms with van der Waals surface area (Å²) in [4.78, 5) is 26.0. The van der Waals surface area contributed by atoms with Gasteiger partial charge in [-0.2, -0.15) is 0 Å². The van der Waals surface area contributed by atoms with Crippen LogP contribution in [0.4, 0.5) is 0 Å². The van der Waals surface area contributed by atoms with Gasteiger partial charge in [-0.15, -0.1) is 0 Å². The maximum atomic E-state index is 13.1. The Labute approximate surface area is 270 Å². The van der Waals surface area contributed by atoms with Crippen LogP contribution in [0.15, 0.2) is 90.7 Å². The second kappa shape index (κ2) is 12.6. The van der Waals surface area contributed by atoms with Gasteiger partial charge in [-0.05, 0) is 96.7 Å². The molecule has 1 saturated carbocycles. The van der Waals surface area contributed by atoms with E-state index in [-0.39, 0.29) is 24.0 Å². The van der Waals surface area contributed by atoms with E-state index in [1.807, 2.05) is 24.3 Å². The third-order valence-corrected chi connectivity index (χ3v) is 10.7. The molecule has 0 unspecified atom stereocenters. The van der Waals surface area contributed by atoms with Crippen molar-refractivity contribution in [3.05, 3.63) is 113 Å². The topological polar surface area (TPSA) is 80.3 Å². The Kier molecular flexibility index (Phi) is 8.36. The zero-order valence-electron chi connectivity index (χ0n) is 26.6. The average Bonchev–Trinajstić information content (AvgIpc) is 3.08. The van der Waals surface area contributed by atoms with Gasteiger partial charge in [0.25, 0.3) is 0 Å². The van der Waals surface area contributed by atoms with Gasteiger partial charge in [-0.3, -0.25) is 0 Å². The highest BCUT2D eigenvalue weighted by Gasteiger charge is 2.58. The van der Waals surface area contributed by atoms with Crippen LogP contribution in [0.2, 0.25) is 0 Å². The van der Waals surface area contributed by atoms with E-state index in [4.69, 9.17) is 23.7 Å². The van der Waals surface area contributed by atoms with E-state index in [1.165, 1.54) is 17.4 Å². The van der Waals surface area contributed by atoms with E-state index in [2.05, 4.69) is 37.3 Å². The van der Waals surface area contributed by atoms with Gasteiger partial charge in [0.05, 0.1) is 25.2 Å². The first-order chi connectivity index (χ1) is 22.4. The highest BCUT2D eigenvalue weighted by molar-refractivity contribution is 5.92. The standard InChI is InChI=1S/C39H42O7/c1-3-42-37(41)33-24-44-39(22-35(33)46-36(40)27-12-8-5-9-13-27)21-34-32-16-14-28-20-29(43-23-26-10-6-4-7-11-26)15-17-30(28)31(32)18-19-38(34,2)25-45-39/h4-13,15,17,20,24,31-32,34-35H,3,14,16,18-19,21-23,25H2,1-2H3/t31-,32-,34+,35-,38-,39-/m1/s1. The number of carbonyl (C=O) groups is 2. The summed E-state index contributed by atoms with van der Waals surface area (Å²) in [5.41, 5.74) is 4.63. The quantitative estimate of drug-likeness (QED) is 0.252. The summed E-state index contributed by atoms with van der Waals surface area (Å²) in [6.45, 7) is 5.43. The summed E-state index contributed by atoms with van der Waals surface area (Å²) in [6.07, 6.45) is 5.76. The van der Waals surface area contributed by atoms with E-state index in [9.17, 15) is 9.59 Å². The monoisotopic (exact) mass is 622 g/mol. The zero-order valence-corrected chi connectivity index (χ0v) is 26.6. The molecule has 0 radical (unpaired) electrons. The third kappa shape index (κ3) is 5.93. The van der Waals surface area contributed by atoms with Crippen molar-refractivity contribution in [2.24, 2.45) is 17.3 Å². The van der Waals surface area contributed by atoms with Crippen LogP contribution in [0.25, 0.3) is 0 Å². The van der Waals surface area contributed by atoms with Gasteiger partial charge >= 0.3 is 11.9 Å². The summed E-state index contributed by atoms with van der Waals surface area (Å²) in [5.74, 6) is 0.185. The molecule has 2 aliphatic carbocycles. The Bertz CT molecular complexity index is 1600. The maximum Gasteiger partial charge on any atom is 0.340 e.